The molecule has 1 fully saturated rings. The number of amides is 5. The molecule has 1 aromatic heterocycles. The molecule has 0 unspecified atom stereocenters. The highest BCUT2D eigenvalue weighted by molar-refractivity contribution is 6.07. The van der Waals surface area contributed by atoms with Crippen LogP contribution in [-0.4, -0.2) is 120 Å². The van der Waals surface area contributed by atoms with Crippen LogP contribution in [0.5, 0.6) is 0 Å². The molecule has 1 saturated heterocycles. The molecule has 0 aliphatic carbocycles. The van der Waals surface area contributed by atoms with Crippen molar-refractivity contribution in [3.05, 3.63) is 90.0 Å². The van der Waals surface area contributed by atoms with Gasteiger partial charge in [-0.2, -0.15) is 0 Å². The number of carbonyl (C=O) groups is 6. The number of fused-ring (bicyclic) bond motifs is 2. The van der Waals surface area contributed by atoms with Crippen molar-refractivity contribution >= 4 is 57.3 Å². The van der Waals surface area contributed by atoms with Crippen molar-refractivity contribution in [3.8, 4) is 0 Å². The molecule has 18 nitrogen and oxygen atoms in total. The van der Waals surface area contributed by atoms with E-state index in [2.05, 4.69) is 26.3 Å². The van der Waals surface area contributed by atoms with E-state index in [4.69, 9.17) is 24.7 Å². The van der Waals surface area contributed by atoms with Crippen molar-refractivity contribution in [2.75, 3.05) is 26.4 Å². The zero-order valence-electron chi connectivity index (χ0n) is 32.5. The summed E-state index contributed by atoms with van der Waals surface area (Å²) in [5.41, 5.74) is 7.90. The Morgan fingerprint density at radius 3 is 2.39 bits per heavy atom. The van der Waals surface area contributed by atoms with Crippen LogP contribution in [0.4, 0.5) is 0 Å². The second-order valence-corrected chi connectivity index (χ2v) is 13.8. The van der Waals surface area contributed by atoms with Crippen LogP contribution in [-0.2, 0) is 49.5 Å². The molecule has 18 heteroatoms. The van der Waals surface area contributed by atoms with Crippen molar-refractivity contribution in [1.82, 2.24) is 26.3 Å². The number of pyridine rings is 1. The van der Waals surface area contributed by atoms with Gasteiger partial charge in [0, 0.05) is 24.1 Å². The Bertz CT molecular complexity index is 2120. The number of aromatic nitrogens is 1. The fourth-order valence-electron chi connectivity index (χ4n) is 6.40. The predicted molar refractivity (Wildman–Crippen MR) is 211 cm³/mol. The molecular weight excluding hydrogens is 768 g/mol. The summed E-state index contributed by atoms with van der Waals surface area (Å²) < 4.78 is 22.5. The second kappa shape index (κ2) is 21.1. The Hall–Kier alpha value is -6.05. The first kappa shape index (κ1) is 44.1. The molecule has 59 heavy (non-hydrogen) atoms. The zero-order valence-corrected chi connectivity index (χ0v) is 32.5. The van der Waals surface area contributed by atoms with E-state index >= 15 is 0 Å². The average molecular weight is 817 g/mol. The number of ether oxygens (including phenoxy) is 4. The van der Waals surface area contributed by atoms with Crippen molar-refractivity contribution < 1.29 is 57.9 Å². The van der Waals surface area contributed by atoms with Crippen LogP contribution in [0.25, 0.3) is 21.8 Å². The number of hydrogen-bond acceptors (Lipinski definition) is 13. The number of nitrogens with two attached hydrogens (primary N) is 1. The summed E-state index contributed by atoms with van der Waals surface area (Å²) in [6.45, 7) is 1.15. The van der Waals surface area contributed by atoms with E-state index in [0.29, 0.717) is 11.1 Å². The lowest BCUT2D eigenvalue weighted by Gasteiger charge is -2.44. The molecule has 4 aromatic rings. The Kier molecular flexibility index (Phi) is 15.8. The molecule has 0 radical (unpaired) electrons. The third-order valence-electron chi connectivity index (χ3n) is 9.40. The number of para-hydroxylation sites is 2. The highest BCUT2D eigenvalue weighted by Gasteiger charge is 2.47. The van der Waals surface area contributed by atoms with Crippen LogP contribution in [0.1, 0.15) is 42.6 Å². The van der Waals surface area contributed by atoms with Gasteiger partial charge in [0.1, 0.15) is 49.7 Å². The first-order valence-electron chi connectivity index (χ1n) is 18.9. The van der Waals surface area contributed by atoms with E-state index in [0.717, 1.165) is 21.9 Å². The topological polar surface area (TPSA) is 267 Å². The summed E-state index contributed by atoms with van der Waals surface area (Å²) >= 11 is 0. The van der Waals surface area contributed by atoms with Crippen LogP contribution in [0.3, 0.4) is 0 Å². The quantitative estimate of drug-likeness (QED) is 0.0377. The lowest BCUT2D eigenvalue weighted by molar-refractivity contribution is -0.279. The van der Waals surface area contributed by atoms with Crippen LogP contribution < -0.4 is 27.0 Å². The van der Waals surface area contributed by atoms with Gasteiger partial charge in [-0.15, -0.1) is 0 Å². The normalized spacial score (nSPS) is 19.9. The summed E-state index contributed by atoms with van der Waals surface area (Å²) in [7, 11) is 0. The monoisotopic (exact) mass is 816 g/mol. The van der Waals surface area contributed by atoms with Gasteiger partial charge in [0.2, 0.25) is 23.6 Å². The largest absolute Gasteiger partial charge is 0.464 e. The number of hydrogen-bond donors (Lipinski definition) is 7. The number of benzene rings is 3. The van der Waals surface area contributed by atoms with E-state index in [1.807, 2.05) is 66.7 Å². The number of nitrogens with one attached hydrogen (secondary N) is 4. The molecule has 314 valence electrons. The molecule has 1 aliphatic heterocycles. The minimum atomic E-state index is -1.49. The van der Waals surface area contributed by atoms with Crippen molar-refractivity contribution in [2.45, 2.75) is 76.0 Å². The van der Waals surface area contributed by atoms with E-state index in [9.17, 15) is 39.0 Å². The van der Waals surface area contributed by atoms with E-state index < -0.39 is 91.4 Å². The van der Waals surface area contributed by atoms with Gasteiger partial charge in [-0.05, 0) is 37.1 Å². The molecule has 3 aromatic carbocycles. The Balaban J connectivity index is 1.06. The van der Waals surface area contributed by atoms with Gasteiger partial charge in [0.25, 0.3) is 5.91 Å². The maximum absolute atomic E-state index is 13.0. The lowest BCUT2D eigenvalue weighted by atomic mass is 9.96. The molecule has 1 aliphatic rings. The van der Waals surface area contributed by atoms with Gasteiger partial charge in [-0.1, -0.05) is 60.7 Å². The number of rotatable bonds is 19. The van der Waals surface area contributed by atoms with Gasteiger partial charge in [0.15, 0.2) is 6.29 Å². The number of carbonyl (C=O) groups excluding carboxylic acids is 6. The van der Waals surface area contributed by atoms with E-state index in [1.165, 1.54) is 13.8 Å². The van der Waals surface area contributed by atoms with Gasteiger partial charge >= 0.3 is 5.97 Å². The van der Waals surface area contributed by atoms with Gasteiger partial charge in [-0.25, -0.2) is 4.98 Å². The summed E-state index contributed by atoms with van der Waals surface area (Å²) in [6, 6.07) is 20.2. The minimum absolute atomic E-state index is 0.00251. The maximum Gasteiger partial charge on any atom is 0.305 e. The summed E-state index contributed by atoms with van der Waals surface area (Å²) in [6.07, 6.45) is -5.64. The average Bonchev–Trinajstić information content (AvgIpc) is 3.22. The van der Waals surface area contributed by atoms with Crippen molar-refractivity contribution in [3.63, 3.8) is 0 Å². The Morgan fingerprint density at radius 2 is 1.66 bits per heavy atom. The number of primary amides is 1. The summed E-state index contributed by atoms with van der Waals surface area (Å²) in [5.74, 6) is -4.15. The van der Waals surface area contributed by atoms with Crippen molar-refractivity contribution in [2.24, 2.45) is 5.73 Å². The molecule has 0 spiro atoms. The molecular formula is C41H48N6O12. The van der Waals surface area contributed by atoms with Gasteiger partial charge in [-0.3, -0.25) is 28.8 Å². The number of esters is 1. The van der Waals surface area contributed by atoms with E-state index in [1.54, 1.807) is 12.1 Å². The highest BCUT2D eigenvalue weighted by atomic mass is 16.7. The number of nitrogens with zero attached hydrogens (tertiary/aromatic N) is 1. The standard InChI is InChI=1S/C41H48N6O12/c1-23(44-32(50)22-57-37-35(45-24(2)49)41(59-31(20-48)36(37)52)58-21-25-9-4-3-5-10-25)39(54)47-30(38(42)53)15-16-33(51)56-18-17-43-40(55)28-13-8-12-27-19-26-11-6-7-14-29(26)46-34(27)28/h3-14,19,23,30-31,35-37,41,48,52H,15-18,20-22H2,1-2H3,(H2,42,53)(H,43,55)(H,44,50)(H,45,49)(H,47,54)/t23-,30+,31+,35+,36+,37+,41-/m0/s1. The van der Waals surface area contributed by atoms with Gasteiger partial charge in [0.05, 0.1) is 36.4 Å². The van der Waals surface area contributed by atoms with Crippen LogP contribution in [0, 0.1) is 0 Å². The van der Waals surface area contributed by atoms with Crippen LogP contribution >= 0.6 is 0 Å². The van der Waals surface area contributed by atoms with Gasteiger partial charge < -0.3 is 56.2 Å². The molecule has 8 N–H and O–H groups in total. The maximum atomic E-state index is 13.0. The fourth-order valence-corrected chi connectivity index (χ4v) is 6.40. The smallest absolute Gasteiger partial charge is 0.305 e. The first-order chi connectivity index (χ1) is 28.3. The minimum Gasteiger partial charge on any atom is -0.464 e. The molecule has 2 heterocycles. The number of aliphatic hydroxyl groups is 2. The third kappa shape index (κ3) is 12.2. The number of aliphatic hydroxyl groups excluding tert-OH is 2. The van der Waals surface area contributed by atoms with Crippen LogP contribution in [0.15, 0.2) is 78.9 Å². The molecule has 0 saturated carbocycles. The molecule has 5 amide bonds. The predicted octanol–water partition coefficient (Wildman–Crippen LogP) is 0.101. The third-order valence-corrected chi connectivity index (χ3v) is 9.40. The molecule has 5 rings (SSSR count). The molecule has 0 bridgehead atoms. The lowest BCUT2D eigenvalue weighted by Crippen LogP contribution is -2.65. The second-order valence-electron chi connectivity index (χ2n) is 13.8. The van der Waals surface area contributed by atoms with Crippen LogP contribution in [0.2, 0.25) is 0 Å². The first-order valence-corrected chi connectivity index (χ1v) is 18.9. The molecule has 7 atom stereocenters. The fraction of sp³-hybridized carbons (Fsp3) is 0.390. The van der Waals surface area contributed by atoms with Crippen molar-refractivity contribution in [1.29, 1.82) is 0 Å². The SMILES string of the molecule is CC(=O)N[C@H]1[C@@H](OCc2ccccc2)O[C@H](CO)[C@@H](O)[C@@H]1OCC(=O)N[C@@H](C)C(=O)N[C@H](CCC(=O)OCCNC(=O)c1cccc2cc3ccccc3nc12)C(N)=O. The van der Waals surface area contributed by atoms with E-state index in [-0.39, 0.29) is 32.6 Å². The summed E-state index contributed by atoms with van der Waals surface area (Å²) in [5, 5.41) is 32.7. The Morgan fingerprint density at radius 1 is 0.932 bits per heavy atom. The Labute approximate surface area is 339 Å². The highest BCUT2D eigenvalue weighted by Crippen LogP contribution is 2.26. The summed E-state index contributed by atoms with van der Waals surface area (Å²) in [4.78, 5) is 80.1. The zero-order chi connectivity index (χ0) is 42.5.